The van der Waals surface area contributed by atoms with Crippen LogP contribution >= 0.6 is 0 Å². The first-order chi connectivity index (χ1) is 15.3. The average molecular weight is 416 g/mol. The molecule has 0 aliphatic carbocycles. The normalized spacial score (nSPS) is 16.0. The molecule has 1 saturated heterocycles. The number of amides is 1. The third-order valence-corrected chi connectivity index (χ3v) is 5.60. The molecule has 7 nitrogen and oxygen atoms in total. The van der Waals surface area contributed by atoms with Crippen LogP contribution in [0.4, 0.5) is 5.95 Å². The Morgan fingerprint density at radius 1 is 0.968 bits per heavy atom. The summed E-state index contributed by atoms with van der Waals surface area (Å²) in [7, 11) is 0. The Bertz CT molecular complexity index is 1070. The summed E-state index contributed by atoms with van der Waals surface area (Å²) in [6, 6.07) is 16.9. The fraction of sp³-hybridized carbons (Fsp3) is 0.292. The number of ether oxygens (including phenoxy) is 2. The lowest BCUT2D eigenvalue weighted by atomic mass is 10.1. The van der Waals surface area contributed by atoms with E-state index in [0.717, 1.165) is 30.8 Å². The second-order valence-electron chi connectivity index (χ2n) is 7.63. The van der Waals surface area contributed by atoms with E-state index in [1.807, 2.05) is 65.7 Å². The topological polar surface area (TPSA) is 67.8 Å². The summed E-state index contributed by atoms with van der Waals surface area (Å²) in [4.78, 5) is 26.7. The van der Waals surface area contributed by atoms with Gasteiger partial charge in [-0.2, -0.15) is 0 Å². The third-order valence-electron chi connectivity index (χ3n) is 5.60. The molecule has 0 unspecified atom stereocenters. The predicted molar refractivity (Wildman–Crippen MR) is 116 cm³/mol. The van der Waals surface area contributed by atoms with E-state index < -0.39 is 0 Å². The molecule has 1 amide bonds. The van der Waals surface area contributed by atoms with Crippen molar-refractivity contribution in [2.45, 2.75) is 13.0 Å². The molecule has 2 aliphatic rings. The van der Waals surface area contributed by atoms with Crippen LogP contribution in [0.3, 0.4) is 0 Å². The minimum absolute atomic E-state index is 0.0521. The van der Waals surface area contributed by atoms with Crippen molar-refractivity contribution in [2.24, 2.45) is 0 Å². The molecule has 31 heavy (non-hydrogen) atoms. The maximum Gasteiger partial charge on any atom is 0.258 e. The number of rotatable bonds is 4. The number of nitrogens with zero attached hydrogens (tertiary/aromatic N) is 4. The lowest BCUT2D eigenvalue weighted by Crippen LogP contribution is -2.39. The highest BCUT2D eigenvalue weighted by Gasteiger charge is 2.26. The summed E-state index contributed by atoms with van der Waals surface area (Å²) in [6.45, 7) is 4.03. The Morgan fingerprint density at radius 3 is 2.58 bits per heavy atom. The van der Waals surface area contributed by atoms with Crippen LogP contribution < -0.4 is 9.64 Å². The lowest BCUT2D eigenvalue weighted by Gasteiger charge is -2.31. The third kappa shape index (κ3) is 4.22. The van der Waals surface area contributed by atoms with Gasteiger partial charge in [0.05, 0.1) is 31.0 Å². The average Bonchev–Trinajstić information content (AvgIpc) is 2.84. The van der Waals surface area contributed by atoms with Crippen molar-refractivity contribution in [1.29, 1.82) is 0 Å². The zero-order chi connectivity index (χ0) is 21.0. The molecule has 0 spiro atoms. The fourth-order valence-corrected chi connectivity index (χ4v) is 3.90. The summed E-state index contributed by atoms with van der Waals surface area (Å²) >= 11 is 0. The minimum atomic E-state index is -0.0521. The molecule has 0 bridgehead atoms. The molecule has 2 aromatic carbocycles. The van der Waals surface area contributed by atoms with Gasteiger partial charge in [0.25, 0.3) is 5.91 Å². The second-order valence-corrected chi connectivity index (χ2v) is 7.63. The lowest BCUT2D eigenvalue weighted by molar-refractivity contribution is 0.0729. The number of benzene rings is 2. The number of morpholine rings is 1. The molecule has 0 saturated carbocycles. The fourth-order valence-electron chi connectivity index (χ4n) is 3.90. The number of anilines is 1. The number of hydrogen-bond acceptors (Lipinski definition) is 6. The standard InChI is InChI=1S/C24H24N4O3/c29-23(20-8-4-5-9-22(20)31-19-6-2-1-3-7-19)28-11-10-18-16-25-24(26-21(18)17-28)27-12-14-30-15-13-27/h1-9,16H,10-15,17H2. The number of para-hydroxylation sites is 2. The molecule has 1 aromatic heterocycles. The number of fused-ring (bicyclic) bond motifs is 1. The molecule has 7 heteroatoms. The largest absolute Gasteiger partial charge is 0.457 e. The summed E-state index contributed by atoms with van der Waals surface area (Å²) in [5.74, 6) is 1.92. The second kappa shape index (κ2) is 8.73. The molecule has 2 aliphatic heterocycles. The Kier molecular flexibility index (Phi) is 5.50. The Hall–Kier alpha value is -3.45. The highest BCUT2D eigenvalue weighted by Crippen LogP contribution is 2.28. The smallest absolute Gasteiger partial charge is 0.258 e. The van der Waals surface area contributed by atoms with Gasteiger partial charge in [0.2, 0.25) is 5.95 Å². The molecule has 1 fully saturated rings. The van der Waals surface area contributed by atoms with Crippen LogP contribution in [-0.2, 0) is 17.7 Å². The maximum atomic E-state index is 13.4. The number of carbonyl (C=O) groups is 1. The van der Waals surface area contributed by atoms with Gasteiger partial charge in [-0.1, -0.05) is 30.3 Å². The van der Waals surface area contributed by atoms with E-state index in [4.69, 9.17) is 14.5 Å². The van der Waals surface area contributed by atoms with Gasteiger partial charge < -0.3 is 19.3 Å². The molecule has 0 radical (unpaired) electrons. The summed E-state index contributed by atoms with van der Waals surface area (Å²) in [5, 5.41) is 0. The molecule has 0 N–H and O–H groups in total. The van der Waals surface area contributed by atoms with Crippen LogP contribution in [0.5, 0.6) is 11.5 Å². The molecular weight excluding hydrogens is 392 g/mol. The molecular formula is C24H24N4O3. The Labute approximate surface area is 181 Å². The zero-order valence-corrected chi connectivity index (χ0v) is 17.2. The molecule has 5 rings (SSSR count). The van der Waals surface area contributed by atoms with Gasteiger partial charge in [-0.05, 0) is 36.2 Å². The van der Waals surface area contributed by atoms with Crippen LogP contribution in [-0.4, -0.2) is 53.6 Å². The highest BCUT2D eigenvalue weighted by molar-refractivity contribution is 5.97. The van der Waals surface area contributed by atoms with Crippen molar-refractivity contribution in [2.75, 3.05) is 37.7 Å². The van der Waals surface area contributed by atoms with Crippen molar-refractivity contribution in [3.63, 3.8) is 0 Å². The van der Waals surface area contributed by atoms with Gasteiger partial charge in [0.15, 0.2) is 0 Å². The van der Waals surface area contributed by atoms with E-state index in [9.17, 15) is 4.79 Å². The first-order valence-corrected chi connectivity index (χ1v) is 10.6. The van der Waals surface area contributed by atoms with E-state index >= 15 is 0 Å². The number of carbonyl (C=O) groups excluding carboxylic acids is 1. The van der Waals surface area contributed by atoms with E-state index in [0.29, 0.717) is 49.3 Å². The van der Waals surface area contributed by atoms with E-state index in [1.54, 1.807) is 0 Å². The van der Waals surface area contributed by atoms with Crippen LogP contribution in [0.2, 0.25) is 0 Å². The van der Waals surface area contributed by atoms with E-state index in [2.05, 4.69) is 9.88 Å². The van der Waals surface area contributed by atoms with E-state index in [-0.39, 0.29) is 5.91 Å². The van der Waals surface area contributed by atoms with Crippen molar-refractivity contribution >= 4 is 11.9 Å². The van der Waals surface area contributed by atoms with Gasteiger partial charge in [-0.25, -0.2) is 9.97 Å². The van der Waals surface area contributed by atoms with Crippen molar-refractivity contribution < 1.29 is 14.3 Å². The first kappa shape index (κ1) is 19.5. The van der Waals surface area contributed by atoms with Gasteiger partial charge >= 0.3 is 0 Å². The molecule has 3 aromatic rings. The molecule has 0 atom stereocenters. The maximum absolute atomic E-state index is 13.4. The highest BCUT2D eigenvalue weighted by atomic mass is 16.5. The zero-order valence-electron chi connectivity index (χ0n) is 17.2. The van der Waals surface area contributed by atoms with Crippen molar-refractivity contribution in [1.82, 2.24) is 14.9 Å². The molecule has 3 heterocycles. The Balaban J connectivity index is 1.36. The quantitative estimate of drug-likeness (QED) is 0.650. The number of hydrogen-bond donors (Lipinski definition) is 0. The monoisotopic (exact) mass is 416 g/mol. The summed E-state index contributed by atoms with van der Waals surface area (Å²) < 4.78 is 11.4. The van der Waals surface area contributed by atoms with Crippen LogP contribution in [0.15, 0.2) is 60.8 Å². The van der Waals surface area contributed by atoms with Gasteiger partial charge in [0, 0.05) is 25.8 Å². The summed E-state index contributed by atoms with van der Waals surface area (Å²) in [5.41, 5.74) is 2.57. The van der Waals surface area contributed by atoms with Crippen LogP contribution in [0.25, 0.3) is 0 Å². The van der Waals surface area contributed by atoms with Crippen molar-refractivity contribution in [3.8, 4) is 11.5 Å². The first-order valence-electron chi connectivity index (χ1n) is 10.6. The predicted octanol–water partition coefficient (Wildman–Crippen LogP) is 3.30. The van der Waals surface area contributed by atoms with Gasteiger partial charge in [-0.15, -0.1) is 0 Å². The van der Waals surface area contributed by atoms with Crippen molar-refractivity contribution in [3.05, 3.63) is 77.6 Å². The van der Waals surface area contributed by atoms with Crippen LogP contribution in [0, 0.1) is 0 Å². The Morgan fingerprint density at radius 2 is 1.74 bits per heavy atom. The van der Waals surface area contributed by atoms with Crippen LogP contribution in [0.1, 0.15) is 21.6 Å². The number of aromatic nitrogens is 2. The van der Waals surface area contributed by atoms with Gasteiger partial charge in [-0.3, -0.25) is 4.79 Å². The summed E-state index contributed by atoms with van der Waals surface area (Å²) in [6.07, 6.45) is 2.65. The SMILES string of the molecule is O=C(c1ccccc1Oc1ccccc1)N1CCc2cnc(N3CCOCC3)nc2C1. The minimum Gasteiger partial charge on any atom is -0.457 e. The van der Waals surface area contributed by atoms with Gasteiger partial charge in [0.1, 0.15) is 11.5 Å². The van der Waals surface area contributed by atoms with E-state index in [1.165, 1.54) is 0 Å². The molecule has 158 valence electrons.